The molecule has 2 rings (SSSR count). The summed E-state index contributed by atoms with van der Waals surface area (Å²) in [4.78, 5) is 0. The molecule has 0 bridgehead atoms. The second kappa shape index (κ2) is 6.97. The van der Waals surface area contributed by atoms with Crippen molar-refractivity contribution in [2.75, 3.05) is 0 Å². The van der Waals surface area contributed by atoms with E-state index in [0.717, 1.165) is 5.56 Å². The van der Waals surface area contributed by atoms with Gasteiger partial charge in [-0.15, -0.1) is 0 Å². The van der Waals surface area contributed by atoms with Crippen molar-refractivity contribution < 1.29 is 4.39 Å². The average Bonchev–Trinajstić information content (AvgIpc) is 2.37. The van der Waals surface area contributed by atoms with Crippen molar-refractivity contribution >= 4 is 34.8 Å². The minimum Gasteiger partial charge on any atom is -0.310 e. The Bertz CT molecular complexity index is 633. The standard InChI is InChI=1S/C16H15Cl3FN/c1-9(2)21-8-11-5-10(3-4-15(11)20)16-13(18)6-12(17)7-14(16)19/h3-7,9,21H,8H2,1-2H3. The molecule has 0 atom stereocenters. The molecule has 0 saturated carbocycles. The molecule has 112 valence electrons. The van der Waals surface area contributed by atoms with E-state index in [4.69, 9.17) is 34.8 Å². The summed E-state index contributed by atoms with van der Waals surface area (Å²) in [7, 11) is 0. The summed E-state index contributed by atoms with van der Waals surface area (Å²) in [5, 5.41) is 4.55. The highest BCUT2D eigenvalue weighted by molar-refractivity contribution is 6.41. The molecule has 0 radical (unpaired) electrons. The predicted molar refractivity (Wildman–Crippen MR) is 88.8 cm³/mol. The largest absolute Gasteiger partial charge is 0.310 e. The monoisotopic (exact) mass is 345 g/mol. The molecule has 21 heavy (non-hydrogen) atoms. The van der Waals surface area contributed by atoms with E-state index in [1.165, 1.54) is 6.07 Å². The summed E-state index contributed by atoms with van der Waals surface area (Å²) in [6, 6.07) is 8.37. The summed E-state index contributed by atoms with van der Waals surface area (Å²) >= 11 is 18.3. The van der Waals surface area contributed by atoms with Gasteiger partial charge in [-0.3, -0.25) is 0 Å². The zero-order valence-electron chi connectivity index (χ0n) is 11.7. The molecule has 0 fully saturated rings. The Labute approximate surface area is 139 Å². The summed E-state index contributed by atoms with van der Waals surface area (Å²) < 4.78 is 13.9. The van der Waals surface area contributed by atoms with Gasteiger partial charge in [-0.1, -0.05) is 54.7 Å². The van der Waals surface area contributed by atoms with E-state index >= 15 is 0 Å². The average molecular weight is 347 g/mol. The van der Waals surface area contributed by atoms with Gasteiger partial charge in [-0.05, 0) is 29.8 Å². The van der Waals surface area contributed by atoms with E-state index in [1.54, 1.807) is 24.3 Å². The van der Waals surface area contributed by atoms with Crippen LogP contribution in [0.4, 0.5) is 4.39 Å². The molecule has 0 aliphatic rings. The van der Waals surface area contributed by atoms with Crippen LogP contribution in [0.25, 0.3) is 11.1 Å². The molecular formula is C16H15Cl3FN. The Kier molecular flexibility index (Phi) is 5.50. The maximum atomic E-state index is 13.9. The molecular weight excluding hydrogens is 332 g/mol. The van der Waals surface area contributed by atoms with Crippen LogP contribution in [-0.4, -0.2) is 6.04 Å². The molecule has 0 aliphatic heterocycles. The number of hydrogen-bond acceptors (Lipinski definition) is 1. The number of hydrogen-bond donors (Lipinski definition) is 1. The van der Waals surface area contributed by atoms with Crippen molar-refractivity contribution in [2.45, 2.75) is 26.4 Å². The van der Waals surface area contributed by atoms with Crippen LogP contribution in [0.1, 0.15) is 19.4 Å². The van der Waals surface area contributed by atoms with Crippen LogP contribution in [0, 0.1) is 5.82 Å². The first-order valence-electron chi connectivity index (χ1n) is 6.55. The third kappa shape index (κ3) is 4.10. The molecule has 2 aromatic carbocycles. The zero-order chi connectivity index (χ0) is 15.6. The Morgan fingerprint density at radius 3 is 2.24 bits per heavy atom. The smallest absolute Gasteiger partial charge is 0.127 e. The third-order valence-corrected chi connectivity index (χ3v) is 3.86. The van der Waals surface area contributed by atoms with Gasteiger partial charge in [0.2, 0.25) is 0 Å². The van der Waals surface area contributed by atoms with E-state index in [-0.39, 0.29) is 11.9 Å². The van der Waals surface area contributed by atoms with Gasteiger partial charge in [0.15, 0.2) is 0 Å². The van der Waals surface area contributed by atoms with E-state index in [0.29, 0.717) is 32.7 Å². The van der Waals surface area contributed by atoms with Crippen LogP contribution in [0.15, 0.2) is 30.3 Å². The van der Waals surface area contributed by atoms with Crippen LogP contribution in [-0.2, 0) is 6.54 Å². The minimum atomic E-state index is -0.256. The molecule has 1 N–H and O–H groups in total. The third-order valence-electron chi connectivity index (χ3n) is 3.04. The van der Waals surface area contributed by atoms with Gasteiger partial charge in [0.1, 0.15) is 5.82 Å². The maximum absolute atomic E-state index is 13.9. The molecule has 2 aromatic rings. The lowest BCUT2D eigenvalue weighted by molar-refractivity contribution is 0.553. The molecule has 0 heterocycles. The molecule has 0 amide bonds. The quantitative estimate of drug-likeness (QED) is 0.721. The molecule has 0 saturated heterocycles. The lowest BCUT2D eigenvalue weighted by atomic mass is 10.0. The summed E-state index contributed by atoms with van der Waals surface area (Å²) in [6.07, 6.45) is 0. The van der Waals surface area contributed by atoms with Gasteiger partial charge < -0.3 is 5.32 Å². The van der Waals surface area contributed by atoms with Crippen molar-refractivity contribution in [3.05, 3.63) is 56.8 Å². The maximum Gasteiger partial charge on any atom is 0.127 e. The van der Waals surface area contributed by atoms with Gasteiger partial charge in [0, 0.05) is 28.7 Å². The van der Waals surface area contributed by atoms with Crippen molar-refractivity contribution in [1.29, 1.82) is 0 Å². The van der Waals surface area contributed by atoms with Crippen LogP contribution >= 0.6 is 34.8 Å². The van der Waals surface area contributed by atoms with Gasteiger partial charge in [0.25, 0.3) is 0 Å². The van der Waals surface area contributed by atoms with Crippen molar-refractivity contribution in [2.24, 2.45) is 0 Å². The SMILES string of the molecule is CC(C)NCc1cc(-c2c(Cl)cc(Cl)cc2Cl)ccc1F. The molecule has 0 aliphatic carbocycles. The Hall–Kier alpha value is -0.800. The minimum absolute atomic E-state index is 0.256. The highest BCUT2D eigenvalue weighted by Crippen LogP contribution is 2.37. The van der Waals surface area contributed by atoms with Gasteiger partial charge in [-0.2, -0.15) is 0 Å². The molecule has 1 nitrogen and oxygen atoms in total. The second-order valence-electron chi connectivity index (χ2n) is 5.09. The lowest BCUT2D eigenvalue weighted by Crippen LogP contribution is -2.22. The summed E-state index contributed by atoms with van der Waals surface area (Å²) in [5.74, 6) is -0.256. The first-order valence-corrected chi connectivity index (χ1v) is 7.68. The fraction of sp³-hybridized carbons (Fsp3) is 0.250. The first-order chi connectivity index (χ1) is 9.88. The highest BCUT2D eigenvalue weighted by Gasteiger charge is 2.12. The fourth-order valence-electron chi connectivity index (χ4n) is 2.00. The van der Waals surface area contributed by atoms with Gasteiger partial charge in [0.05, 0.1) is 10.0 Å². The zero-order valence-corrected chi connectivity index (χ0v) is 14.0. The van der Waals surface area contributed by atoms with Crippen molar-refractivity contribution in [3.8, 4) is 11.1 Å². The topological polar surface area (TPSA) is 12.0 Å². The first kappa shape index (κ1) is 16.6. The lowest BCUT2D eigenvalue weighted by Gasteiger charge is -2.12. The molecule has 5 heteroatoms. The normalized spacial score (nSPS) is 11.2. The molecule has 0 aromatic heterocycles. The van der Waals surface area contributed by atoms with Crippen LogP contribution < -0.4 is 5.32 Å². The Morgan fingerprint density at radius 2 is 1.67 bits per heavy atom. The summed E-state index contributed by atoms with van der Waals surface area (Å²) in [5.41, 5.74) is 2.00. The van der Waals surface area contributed by atoms with Gasteiger partial charge >= 0.3 is 0 Å². The highest BCUT2D eigenvalue weighted by atomic mass is 35.5. The van der Waals surface area contributed by atoms with E-state index in [9.17, 15) is 4.39 Å². The van der Waals surface area contributed by atoms with E-state index in [2.05, 4.69) is 5.32 Å². The number of benzene rings is 2. The summed E-state index contributed by atoms with van der Waals surface area (Å²) in [6.45, 7) is 4.46. The van der Waals surface area contributed by atoms with Crippen LogP contribution in [0.3, 0.4) is 0 Å². The van der Waals surface area contributed by atoms with E-state index in [1.807, 2.05) is 13.8 Å². The number of nitrogens with one attached hydrogen (secondary N) is 1. The van der Waals surface area contributed by atoms with Crippen LogP contribution in [0.5, 0.6) is 0 Å². The number of rotatable bonds is 4. The van der Waals surface area contributed by atoms with Gasteiger partial charge in [-0.25, -0.2) is 4.39 Å². The van der Waals surface area contributed by atoms with Crippen molar-refractivity contribution in [1.82, 2.24) is 5.32 Å². The van der Waals surface area contributed by atoms with E-state index < -0.39 is 0 Å². The Morgan fingerprint density at radius 1 is 1.05 bits per heavy atom. The predicted octanol–water partition coefficient (Wildman–Crippen LogP) is 5.95. The van der Waals surface area contributed by atoms with Crippen molar-refractivity contribution in [3.63, 3.8) is 0 Å². The number of halogens is 4. The second-order valence-corrected chi connectivity index (χ2v) is 6.34. The fourth-order valence-corrected chi connectivity index (χ4v) is 3.03. The Balaban J connectivity index is 2.44. The molecule has 0 spiro atoms. The van der Waals surface area contributed by atoms with Crippen LogP contribution in [0.2, 0.25) is 15.1 Å². The molecule has 0 unspecified atom stereocenters.